The fourth-order valence-corrected chi connectivity index (χ4v) is 1.83. The second kappa shape index (κ2) is 9.13. The zero-order valence-corrected chi connectivity index (χ0v) is 12.6. The molecule has 0 fully saturated rings. The maximum atomic E-state index is 11.8. The first-order valence-corrected chi connectivity index (χ1v) is 7.14. The fraction of sp³-hybridized carbons (Fsp3) is 0.389. The first kappa shape index (κ1) is 16.2. The Balaban J connectivity index is 2.36. The van der Waals surface area contributed by atoms with E-state index in [4.69, 9.17) is 4.74 Å². The van der Waals surface area contributed by atoms with Crippen molar-refractivity contribution in [3.8, 4) is 0 Å². The van der Waals surface area contributed by atoms with Crippen LogP contribution in [0.4, 0.5) is 0 Å². The van der Waals surface area contributed by atoms with Crippen LogP contribution in [-0.2, 0) is 16.0 Å². The lowest BCUT2D eigenvalue weighted by Gasteiger charge is -2.10. The smallest absolute Gasteiger partial charge is 0.310 e. The van der Waals surface area contributed by atoms with Crippen molar-refractivity contribution in [2.75, 3.05) is 0 Å². The third-order valence-corrected chi connectivity index (χ3v) is 2.96. The third kappa shape index (κ3) is 6.93. The molecule has 0 radical (unpaired) electrons. The minimum absolute atomic E-state index is 0.181. The Bertz CT molecular complexity index is 446. The van der Waals surface area contributed by atoms with Crippen molar-refractivity contribution in [1.29, 1.82) is 0 Å². The monoisotopic (exact) mass is 272 g/mol. The molecule has 0 spiro atoms. The minimum atomic E-state index is -0.186. The van der Waals surface area contributed by atoms with E-state index in [1.165, 1.54) is 0 Å². The van der Waals surface area contributed by atoms with Gasteiger partial charge in [-0.15, -0.1) is 0 Å². The fourth-order valence-electron chi connectivity index (χ4n) is 1.83. The number of benzene rings is 1. The van der Waals surface area contributed by atoms with Crippen LogP contribution >= 0.6 is 0 Å². The lowest BCUT2D eigenvalue weighted by molar-refractivity contribution is -0.145. The van der Waals surface area contributed by atoms with Crippen molar-refractivity contribution in [3.05, 3.63) is 60.2 Å². The van der Waals surface area contributed by atoms with Gasteiger partial charge in [-0.3, -0.25) is 4.79 Å². The molecule has 1 aromatic rings. The van der Waals surface area contributed by atoms with Crippen LogP contribution in [0.15, 0.2) is 54.6 Å². The van der Waals surface area contributed by atoms with Crippen LogP contribution in [0.5, 0.6) is 0 Å². The van der Waals surface area contributed by atoms with Gasteiger partial charge in [-0.25, -0.2) is 0 Å². The van der Waals surface area contributed by atoms with Crippen LogP contribution in [0.1, 0.15) is 32.8 Å². The van der Waals surface area contributed by atoms with Gasteiger partial charge in [0.2, 0.25) is 0 Å². The highest BCUT2D eigenvalue weighted by Gasteiger charge is 2.08. The summed E-state index contributed by atoms with van der Waals surface area (Å²) < 4.78 is 5.37. The molecule has 0 heterocycles. The summed E-state index contributed by atoms with van der Waals surface area (Å²) in [6.45, 7) is 6.06. The van der Waals surface area contributed by atoms with E-state index in [1.807, 2.05) is 56.3 Å². The largest absolute Gasteiger partial charge is 0.458 e. The second-order valence-electron chi connectivity index (χ2n) is 5.02. The summed E-state index contributed by atoms with van der Waals surface area (Å²) in [6, 6.07) is 9.65. The molecule has 0 amide bonds. The lowest BCUT2D eigenvalue weighted by Crippen LogP contribution is -2.15. The Morgan fingerprint density at radius 1 is 1.20 bits per heavy atom. The molecule has 0 aliphatic carbocycles. The number of hydrogen-bond donors (Lipinski definition) is 0. The van der Waals surface area contributed by atoms with Crippen LogP contribution in [0.2, 0.25) is 0 Å². The normalized spacial score (nSPS) is 14.6. The zero-order valence-electron chi connectivity index (χ0n) is 12.6. The summed E-state index contributed by atoms with van der Waals surface area (Å²) in [7, 11) is 0. The number of esters is 1. The Kier molecular flexibility index (Phi) is 7.41. The molecule has 1 rings (SSSR count). The standard InChI is InChI=1S/C18H24O2/c1-4-5-9-15(2)12-13-16(3)20-18(19)14-17-10-7-6-8-11-17/h4-8,10-13,15-16H,9,14H2,1-3H3/b5-4+,13-12+. The molecule has 0 saturated heterocycles. The molecular weight excluding hydrogens is 248 g/mol. The average molecular weight is 272 g/mol. The molecule has 0 N–H and O–H groups in total. The summed E-state index contributed by atoms with van der Waals surface area (Å²) in [6.07, 6.45) is 9.40. The summed E-state index contributed by atoms with van der Waals surface area (Å²) in [5.41, 5.74) is 0.982. The molecule has 2 nitrogen and oxygen atoms in total. The maximum Gasteiger partial charge on any atom is 0.310 e. The molecule has 0 aromatic heterocycles. The van der Waals surface area contributed by atoms with Gasteiger partial charge >= 0.3 is 5.97 Å². The SMILES string of the molecule is C/C=C/CC(C)/C=C/C(C)OC(=O)Cc1ccccc1. The van der Waals surface area contributed by atoms with Gasteiger partial charge in [0, 0.05) is 0 Å². The van der Waals surface area contributed by atoms with E-state index in [1.54, 1.807) is 0 Å². The summed E-state index contributed by atoms with van der Waals surface area (Å²) in [5, 5.41) is 0. The average Bonchev–Trinajstić information content (AvgIpc) is 2.43. The molecule has 2 atom stereocenters. The van der Waals surface area contributed by atoms with Crippen molar-refractivity contribution in [2.45, 2.75) is 39.7 Å². The Morgan fingerprint density at radius 2 is 1.90 bits per heavy atom. The van der Waals surface area contributed by atoms with E-state index < -0.39 is 0 Å². The van der Waals surface area contributed by atoms with Crippen LogP contribution in [0.3, 0.4) is 0 Å². The molecule has 0 bridgehead atoms. The first-order valence-electron chi connectivity index (χ1n) is 7.14. The minimum Gasteiger partial charge on any atom is -0.458 e. The predicted octanol–water partition coefficient (Wildman–Crippen LogP) is 4.32. The molecular formula is C18H24O2. The lowest BCUT2D eigenvalue weighted by atomic mass is 10.1. The number of carbonyl (C=O) groups excluding carboxylic acids is 1. The Morgan fingerprint density at radius 3 is 2.55 bits per heavy atom. The molecule has 1 aromatic carbocycles. The van der Waals surface area contributed by atoms with Gasteiger partial charge in [-0.2, -0.15) is 0 Å². The Labute approximate surface area is 122 Å². The first-order chi connectivity index (χ1) is 9.61. The van der Waals surface area contributed by atoms with Crippen molar-refractivity contribution >= 4 is 5.97 Å². The highest BCUT2D eigenvalue weighted by molar-refractivity contribution is 5.72. The van der Waals surface area contributed by atoms with Crippen LogP contribution in [0, 0.1) is 5.92 Å². The van der Waals surface area contributed by atoms with Gasteiger partial charge in [0.25, 0.3) is 0 Å². The van der Waals surface area contributed by atoms with E-state index >= 15 is 0 Å². The van der Waals surface area contributed by atoms with Gasteiger partial charge in [0.05, 0.1) is 6.42 Å². The summed E-state index contributed by atoms with van der Waals surface area (Å²) >= 11 is 0. The molecule has 108 valence electrons. The second-order valence-corrected chi connectivity index (χ2v) is 5.02. The van der Waals surface area contributed by atoms with E-state index in [9.17, 15) is 4.79 Å². The van der Waals surface area contributed by atoms with Gasteiger partial charge in [-0.1, -0.05) is 55.5 Å². The number of hydrogen-bond acceptors (Lipinski definition) is 2. The van der Waals surface area contributed by atoms with Crippen molar-refractivity contribution in [2.24, 2.45) is 5.92 Å². The molecule has 0 aliphatic rings. The summed E-state index contributed by atoms with van der Waals surface area (Å²) in [5.74, 6) is 0.274. The van der Waals surface area contributed by atoms with E-state index in [2.05, 4.69) is 19.1 Å². The van der Waals surface area contributed by atoms with E-state index in [0.29, 0.717) is 12.3 Å². The third-order valence-electron chi connectivity index (χ3n) is 2.96. The topological polar surface area (TPSA) is 26.3 Å². The quantitative estimate of drug-likeness (QED) is 0.546. The van der Waals surface area contributed by atoms with Gasteiger partial charge in [0.15, 0.2) is 0 Å². The number of carbonyl (C=O) groups is 1. The molecule has 2 unspecified atom stereocenters. The van der Waals surface area contributed by atoms with Crippen molar-refractivity contribution < 1.29 is 9.53 Å². The van der Waals surface area contributed by atoms with Crippen LogP contribution in [0.25, 0.3) is 0 Å². The van der Waals surface area contributed by atoms with Crippen molar-refractivity contribution in [1.82, 2.24) is 0 Å². The number of rotatable bonds is 7. The number of ether oxygens (including phenoxy) is 1. The van der Waals surface area contributed by atoms with Crippen LogP contribution in [-0.4, -0.2) is 12.1 Å². The molecule has 2 heteroatoms. The van der Waals surface area contributed by atoms with Crippen LogP contribution < -0.4 is 0 Å². The van der Waals surface area contributed by atoms with Gasteiger partial charge in [0.1, 0.15) is 6.10 Å². The molecule has 20 heavy (non-hydrogen) atoms. The highest BCUT2D eigenvalue weighted by atomic mass is 16.5. The number of allylic oxidation sites excluding steroid dienone is 3. The zero-order chi connectivity index (χ0) is 14.8. The van der Waals surface area contributed by atoms with Gasteiger partial charge in [-0.05, 0) is 37.8 Å². The molecule has 0 aliphatic heterocycles. The summed E-state index contributed by atoms with van der Waals surface area (Å²) in [4.78, 5) is 11.8. The van der Waals surface area contributed by atoms with E-state index in [-0.39, 0.29) is 12.1 Å². The van der Waals surface area contributed by atoms with Gasteiger partial charge < -0.3 is 4.74 Å². The maximum absolute atomic E-state index is 11.8. The van der Waals surface area contributed by atoms with Crippen molar-refractivity contribution in [3.63, 3.8) is 0 Å². The predicted molar refractivity (Wildman–Crippen MR) is 83.4 cm³/mol. The molecule has 0 saturated carbocycles. The van der Waals surface area contributed by atoms with E-state index in [0.717, 1.165) is 12.0 Å². The highest BCUT2D eigenvalue weighted by Crippen LogP contribution is 2.07. The Hall–Kier alpha value is -1.83.